The number of rotatable bonds is 3. The Morgan fingerprint density at radius 2 is 1.74 bits per heavy atom. The predicted octanol–water partition coefficient (Wildman–Crippen LogP) is 3.25. The first kappa shape index (κ1) is 13.8. The van der Waals surface area contributed by atoms with Gasteiger partial charge in [0.1, 0.15) is 0 Å². The molecule has 19 heavy (non-hydrogen) atoms. The number of hydrogen-bond acceptors (Lipinski definition) is 2. The second kappa shape index (κ2) is 4.80. The lowest BCUT2D eigenvalue weighted by Gasteiger charge is -2.34. The third-order valence-electron chi connectivity index (χ3n) is 4.55. The summed E-state index contributed by atoms with van der Waals surface area (Å²) in [5, 5.41) is 0. The Morgan fingerprint density at radius 1 is 1.16 bits per heavy atom. The van der Waals surface area contributed by atoms with E-state index in [1.165, 1.54) is 4.90 Å². The van der Waals surface area contributed by atoms with Crippen molar-refractivity contribution < 1.29 is 9.59 Å². The van der Waals surface area contributed by atoms with E-state index in [9.17, 15) is 9.59 Å². The number of hydrogen-bond donors (Lipinski definition) is 0. The van der Waals surface area contributed by atoms with E-state index in [0.717, 1.165) is 0 Å². The second-order valence-electron chi connectivity index (χ2n) is 6.14. The van der Waals surface area contributed by atoms with Crippen molar-refractivity contribution in [3.05, 3.63) is 30.3 Å². The molecule has 0 N–H and O–H groups in total. The summed E-state index contributed by atoms with van der Waals surface area (Å²) >= 11 is 0. The van der Waals surface area contributed by atoms with Crippen LogP contribution in [-0.4, -0.2) is 11.8 Å². The van der Waals surface area contributed by atoms with Gasteiger partial charge in [-0.15, -0.1) is 0 Å². The number of nitrogens with zero attached hydrogens (tertiary/aromatic N) is 1. The Labute approximate surface area is 114 Å². The molecule has 1 aliphatic heterocycles. The molecular formula is C16H21NO2. The van der Waals surface area contributed by atoms with Gasteiger partial charge in [0.05, 0.1) is 11.6 Å². The Bertz CT molecular complexity index is 491. The molecule has 1 aromatic carbocycles. The van der Waals surface area contributed by atoms with E-state index in [4.69, 9.17) is 0 Å². The van der Waals surface area contributed by atoms with Gasteiger partial charge in [0.2, 0.25) is 11.8 Å². The SMILES string of the molecule is CC(C)C(C)(C)C1CC(=O)N(c2ccccc2)C1=O. The van der Waals surface area contributed by atoms with Crippen molar-refractivity contribution in [2.75, 3.05) is 4.90 Å². The van der Waals surface area contributed by atoms with Gasteiger partial charge in [-0.2, -0.15) is 0 Å². The zero-order valence-corrected chi connectivity index (χ0v) is 12.0. The lowest BCUT2D eigenvalue weighted by molar-refractivity contribution is -0.124. The van der Waals surface area contributed by atoms with Crippen LogP contribution in [0.4, 0.5) is 5.69 Å². The predicted molar refractivity (Wildman–Crippen MR) is 75.7 cm³/mol. The lowest BCUT2D eigenvalue weighted by atomic mass is 9.70. The molecular weight excluding hydrogens is 238 g/mol. The van der Waals surface area contributed by atoms with Crippen molar-refractivity contribution in [1.29, 1.82) is 0 Å². The normalized spacial score (nSPS) is 20.5. The molecule has 1 aliphatic rings. The lowest BCUT2D eigenvalue weighted by Crippen LogP contribution is -2.37. The fraction of sp³-hybridized carbons (Fsp3) is 0.500. The Balaban J connectivity index is 2.32. The van der Waals surface area contributed by atoms with E-state index >= 15 is 0 Å². The maximum atomic E-state index is 12.6. The molecule has 3 nitrogen and oxygen atoms in total. The van der Waals surface area contributed by atoms with E-state index in [1.54, 1.807) is 12.1 Å². The number of carbonyl (C=O) groups is 2. The summed E-state index contributed by atoms with van der Waals surface area (Å²) in [6.07, 6.45) is 0.318. The fourth-order valence-electron chi connectivity index (χ4n) is 2.46. The summed E-state index contributed by atoms with van der Waals surface area (Å²) in [5.74, 6) is -0.0185. The van der Waals surface area contributed by atoms with Gasteiger partial charge in [-0.05, 0) is 23.5 Å². The van der Waals surface area contributed by atoms with E-state index < -0.39 is 0 Å². The topological polar surface area (TPSA) is 37.4 Å². The molecule has 2 amide bonds. The average molecular weight is 259 g/mol. The van der Waals surface area contributed by atoms with Crippen LogP contribution in [0.5, 0.6) is 0 Å². The number of anilines is 1. The van der Waals surface area contributed by atoms with Crippen LogP contribution in [0.1, 0.15) is 34.1 Å². The molecule has 0 radical (unpaired) electrons. The van der Waals surface area contributed by atoms with Crippen molar-refractivity contribution >= 4 is 17.5 Å². The standard InChI is InChI=1S/C16H21NO2/c1-11(2)16(3,4)13-10-14(18)17(15(13)19)12-8-6-5-7-9-12/h5-9,11,13H,10H2,1-4H3. The molecule has 1 atom stereocenters. The van der Waals surface area contributed by atoms with Crippen LogP contribution in [-0.2, 0) is 9.59 Å². The summed E-state index contributed by atoms with van der Waals surface area (Å²) in [7, 11) is 0. The summed E-state index contributed by atoms with van der Waals surface area (Å²) in [6.45, 7) is 8.34. The van der Waals surface area contributed by atoms with Gasteiger partial charge in [0.25, 0.3) is 0 Å². The zero-order valence-electron chi connectivity index (χ0n) is 12.0. The monoisotopic (exact) mass is 259 g/mol. The number of amides is 2. The van der Waals surface area contributed by atoms with Gasteiger partial charge in [0.15, 0.2) is 0 Å². The largest absolute Gasteiger partial charge is 0.274 e. The Morgan fingerprint density at radius 3 is 2.26 bits per heavy atom. The summed E-state index contributed by atoms with van der Waals surface area (Å²) in [4.78, 5) is 26.1. The van der Waals surface area contributed by atoms with Crippen molar-refractivity contribution in [3.63, 3.8) is 0 Å². The molecule has 1 fully saturated rings. The van der Waals surface area contributed by atoms with Gasteiger partial charge in [-0.25, -0.2) is 0 Å². The van der Waals surface area contributed by atoms with Gasteiger partial charge in [-0.1, -0.05) is 45.9 Å². The third kappa shape index (κ3) is 2.29. The molecule has 102 valence electrons. The van der Waals surface area contributed by atoms with Gasteiger partial charge in [-0.3, -0.25) is 14.5 Å². The van der Waals surface area contributed by atoms with E-state index in [2.05, 4.69) is 27.7 Å². The molecule has 0 aromatic heterocycles. The maximum absolute atomic E-state index is 12.6. The van der Waals surface area contributed by atoms with Crippen LogP contribution in [0.15, 0.2) is 30.3 Å². The van der Waals surface area contributed by atoms with Crippen LogP contribution in [0, 0.1) is 17.3 Å². The van der Waals surface area contributed by atoms with Gasteiger partial charge < -0.3 is 0 Å². The van der Waals surface area contributed by atoms with E-state index in [1.807, 2.05) is 18.2 Å². The highest BCUT2D eigenvalue weighted by Crippen LogP contribution is 2.42. The zero-order chi connectivity index (χ0) is 14.2. The third-order valence-corrected chi connectivity index (χ3v) is 4.55. The van der Waals surface area contributed by atoms with Crippen molar-refractivity contribution in [1.82, 2.24) is 0 Å². The molecule has 0 bridgehead atoms. The first-order valence-electron chi connectivity index (χ1n) is 6.77. The maximum Gasteiger partial charge on any atom is 0.237 e. The summed E-state index contributed by atoms with van der Waals surface area (Å²) in [6, 6.07) is 9.18. The second-order valence-corrected chi connectivity index (χ2v) is 6.14. The highest BCUT2D eigenvalue weighted by Gasteiger charge is 2.48. The summed E-state index contributed by atoms with van der Waals surface area (Å²) < 4.78 is 0. The number of benzene rings is 1. The van der Waals surface area contributed by atoms with Crippen LogP contribution in [0.2, 0.25) is 0 Å². The minimum atomic E-state index is -0.222. The molecule has 1 unspecified atom stereocenters. The smallest absolute Gasteiger partial charge is 0.237 e. The molecule has 0 spiro atoms. The highest BCUT2D eigenvalue weighted by atomic mass is 16.2. The molecule has 2 rings (SSSR count). The highest BCUT2D eigenvalue weighted by molar-refractivity contribution is 6.21. The minimum absolute atomic E-state index is 0.0603. The Kier molecular flexibility index (Phi) is 3.48. The molecule has 0 saturated carbocycles. The number of para-hydroxylation sites is 1. The molecule has 1 aromatic rings. The van der Waals surface area contributed by atoms with Crippen molar-refractivity contribution in [2.24, 2.45) is 17.3 Å². The number of carbonyl (C=O) groups excluding carboxylic acids is 2. The fourth-order valence-corrected chi connectivity index (χ4v) is 2.46. The van der Waals surface area contributed by atoms with E-state index in [0.29, 0.717) is 18.0 Å². The molecule has 1 saturated heterocycles. The summed E-state index contributed by atoms with van der Waals surface area (Å²) in [5.41, 5.74) is 0.510. The number of imide groups is 1. The van der Waals surface area contributed by atoms with Gasteiger partial charge >= 0.3 is 0 Å². The minimum Gasteiger partial charge on any atom is -0.274 e. The average Bonchev–Trinajstić information content (AvgIpc) is 2.66. The quantitative estimate of drug-likeness (QED) is 0.781. The molecule has 3 heteroatoms. The molecule has 0 aliphatic carbocycles. The van der Waals surface area contributed by atoms with Crippen molar-refractivity contribution in [2.45, 2.75) is 34.1 Å². The van der Waals surface area contributed by atoms with Crippen LogP contribution in [0.25, 0.3) is 0 Å². The van der Waals surface area contributed by atoms with Crippen LogP contribution in [0.3, 0.4) is 0 Å². The van der Waals surface area contributed by atoms with Crippen LogP contribution >= 0.6 is 0 Å². The first-order chi connectivity index (χ1) is 8.85. The van der Waals surface area contributed by atoms with Crippen molar-refractivity contribution in [3.8, 4) is 0 Å². The van der Waals surface area contributed by atoms with E-state index in [-0.39, 0.29) is 23.1 Å². The Hall–Kier alpha value is -1.64. The van der Waals surface area contributed by atoms with Gasteiger partial charge in [0, 0.05) is 6.42 Å². The first-order valence-corrected chi connectivity index (χ1v) is 6.77. The molecule has 1 heterocycles. The van der Waals surface area contributed by atoms with Crippen LogP contribution < -0.4 is 4.90 Å².